The molecule has 2 heteroatoms. The highest BCUT2D eigenvalue weighted by molar-refractivity contribution is 5.99. The molecule has 302 valence electrons. The second-order valence-electron chi connectivity index (χ2n) is 16.1. The van der Waals surface area contributed by atoms with Gasteiger partial charge < -0.3 is 9.80 Å². The topological polar surface area (TPSA) is 6.48 Å². The normalized spacial score (nSPS) is 11.1. The lowest BCUT2D eigenvalue weighted by Gasteiger charge is -2.28. The third kappa shape index (κ3) is 7.38. The molecule has 0 heterocycles. The second-order valence-corrected chi connectivity index (χ2v) is 16.1. The fourth-order valence-electron chi connectivity index (χ4n) is 9.20. The summed E-state index contributed by atoms with van der Waals surface area (Å²) in [6.07, 6.45) is 0. The van der Waals surface area contributed by atoms with E-state index in [2.05, 4.69) is 277 Å². The van der Waals surface area contributed by atoms with E-state index in [1.54, 1.807) is 0 Å². The molecule has 0 aliphatic carbocycles. The molecule has 11 aromatic rings. The Balaban J connectivity index is 0.950. The number of fused-ring (bicyclic) bond motifs is 2. The van der Waals surface area contributed by atoms with Crippen LogP contribution in [0.15, 0.2) is 267 Å². The molecule has 0 fully saturated rings. The number of anilines is 6. The minimum atomic E-state index is 1.10. The zero-order valence-electron chi connectivity index (χ0n) is 35.3. The van der Waals surface area contributed by atoms with Crippen molar-refractivity contribution in [1.29, 1.82) is 0 Å². The van der Waals surface area contributed by atoms with Crippen LogP contribution in [0.1, 0.15) is 0 Å². The molecule has 64 heavy (non-hydrogen) atoms. The van der Waals surface area contributed by atoms with Gasteiger partial charge in [-0.3, -0.25) is 0 Å². The van der Waals surface area contributed by atoms with Gasteiger partial charge in [0.25, 0.3) is 0 Å². The van der Waals surface area contributed by atoms with Crippen LogP contribution in [0.4, 0.5) is 34.1 Å². The maximum Gasteiger partial charge on any atom is 0.0540 e. The average Bonchev–Trinajstić information content (AvgIpc) is 3.38. The summed E-state index contributed by atoms with van der Waals surface area (Å²) in [6, 6.07) is 96.2. The number of nitrogens with zero attached hydrogens (tertiary/aromatic N) is 2. The highest BCUT2D eigenvalue weighted by Crippen LogP contribution is 2.44. The maximum atomic E-state index is 2.37. The predicted octanol–water partition coefficient (Wildman–Crippen LogP) is 17.6. The van der Waals surface area contributed by atoms with Gasteiger partial charge in [-0.15, -0.1) is 0 Å². The van der Waals surface area contributed by atoms with Gasteiger partial charge in [0.1, 0.15) is 0 Å². The predicted molar refractivity (Wildman–Crippen MR) is 273 cm³/mol. The van der Waals surface area contributed by atoms with Crippen LogP contribution in [0.3, 0.4) is 0 Å². The van der Waals surface area contributed by atoms with Crippen molar-refractivity contribution < 1.29 is 0 Å². The van der Waals surface area contributed by atoms with Gasteiger partial charge in [-0.05, 0) is 116 Å². The molecule has 0 atom stereocenters. The lowest BCUT2D eigenvalue weighted by molar-refractivity contribution is 1.28. The molecule has 2 nitrogen and oxygen atoms in total. The summed E-state index contributed by atoms with van der Waals surface area (Å²) in [5, 5.41) is 5.01. The van der Waals surface area contributed by atoms with Gasteiger partial charge in [-0.25, -0.2) is 0 Å². The molecule has 0 saturated carbocycles. The molecule has 0 aromatic heterocycles. The van der Waals surface area contributed by atoms with Crippen LogP contribution in [0.2, 0.25) is 0 Å². The Kier molecular flexibility index (Phi) is 10.3. The number of hydrogen-bond acceptors (Lipinski definition) is 2. The van der Waals surface area contributed by atoms with Gasteiger partial charge in [0.05, 0.1) is 11.4 Å². The van der Waals surface area contributed by atoms with E-state index in [1.807, 2.05) is 0 Å². The molecule has 11 aromatic carbocycles. The zero-order chi connectivity index (χ0) is 42.7. The molecule has 0 radical (unpaired) electrons. The third-order valence-electron chi connectivity index (χ3n) is 12.3. The van der Waals surface area contributed by atoms with Gasteiger partial charge >= 0.3 is 0 Å². The molecule has 0 bridgehead atoms. The Hall–Kier alpha value is -8.46. The summed E-state index contributed by atoms with van der Waals surface area (Å²) in [7, 11) is 0. The van der Waals surface area contributed by atoms with E-state index >= 15 is 0 Å². The molecule has 0 amide bonds. The van der Waals surface area contributed by atoms with E-state index in [-0.39, 0.29) is 0 Å². The first kappa shape index (κ1) is 38.5. The standard InChI is InChI=1S/C62H44N2/c1-3-21-51(22-4-1)63(53-41-37-47(38-42-53)57-29-15-19-45-17-7-9-25-55(45)57)61-31-13-11-27-59(61)49-33-35-50(36-34-49)60-28-12-14-32-62(60)64(52-23-5-2-6-24-52)54-43-39-48(40-44-54)58-30-16-20-46-18-8-10-26-56(46)58/h1-44H. The third-order valence-corrected chi connectivity index (χ3v) is 12.3. The van der Waals surface area contributed by atoms with Crippen LogP contribution in [0.25, 0.3) is 66.1 Å². The Morgan fingerprint density at radius 1 is 0.188 bits per heavy atom. The van der Waals surface area contributed by atoms with Crippen molar-refractivity contribution in [2.45, 2.75) is 0 Å². The summed E-state index contributed by atoms with van der Waals surface area (Å²) in [5.74, 6) is 0. The highest BCUT2D eigenvalue weighted by Gasteiger charge is 2.20. The molecular formula is C62H44N2. The van der Waals surface area contributed by atoms with Crippen molar-refractivity contribution in [3.8, 4) is 44.5 Å². The largest absolute Gasteiger partial charge is 0.310 e. The van der Waals surface area contributed by atoms with E-state index < -0.39 is 0 Å². The average molecular weight is 817 g/mol. The van der Waals surface area contributed by atoms with Crippen LogP contribution in [-0.2, 0) is 0 Å². The first-order valence-electron chi connectivity index (χ1n) is 21.9. The Bertz CT molecular complexity index is 3120. The maximum absolute atomic E-state index is 2.37. The number of benzene rings is 11. The van der Waals surface area contributed by atoms with Gasteiger partial charge in [-0.1, -0.05) is 206 Å². The molecular weight excluding hydrogens is 773 g/mol. The van der Waals surface area contributed by atoms with Crippen LogP contribution < -0.4 is 9.80 Å². The monoisotopic (exact) mass is 816 g/mol. The molecule has 0 N–H and O–H groups in total. The number of rotatable bonds is 10. The van der Waals surface area contributed by atoms with Crippen molar-refractivity contribution in [2.24, 2.45) is 0 Å². The van der Waals surface area contributed by atoms with E-state index in [4.69, 9.17) is 0 Å². The van der Waals surface area contributed by atoms with Crippen molar-refractivity contribution in [3.63, 3.8) is 0 Å². The molecule has 0 aliphatic heterocycles. The fourth-order valence-corrected chi connectivity index (χ4v) is 9.20. The van der Waals surface area contributed by atoms with Crippen LogP contribution in [0, 0.1) is 0 Å². The van der Waals surface area contributed by atoms with E-state index in [9.17, 15) is 0 Å². The Morgan fingerprint density at radius 3 is 0.891 bits per heavy atom. The zero-order valence-corrected chi connectivity index (χ0v) is 35.3. The Labute approximate surface area is 375 Å². The molecule has 0 saturated heterocycles. The van der Waals surface area contributed by atoms with Gasteiger partial charge in [-0.2, -0.15) is 0 Å². The SMILES string of the molecule is c1ccc(N(c2ccc(-c3cccc4ccccc34)cc2)c2ccccc2-c2ccc(-c3ccccc3N(c3ccccc3)c3ccc(-c4cccc5ccccc45)cc3)cc2)cc1. The lowest BCUT2D eigenvalue weighted by atomic mass is 9.96. The van der Waals surface area contributed by atoms with Crippen molar-refractivity contribution in [2.75, 3.05) is 9.80 Å². The number of hydrogen-bond donors (Lipinski definition) is 0. The second kappa shape index (κ2) is 17.1. The summed E-state index contributed by atoms with van der Waals surface area (Å²) in [4.78, 5) is 4.74. The minimum absolute atomic E-state index is 1.10. The van der Waals surface area contributed by atoms with E-state index in [1.165, 1.54) is 43.8 Å². The fraction of sp³-hybridized carbons (Fsp3) is 0. The molecule has 0 aliphatic rings. The van der Waals surface area contributed by atoms with Gasteiger partial charge in [0.15, 0.2) is 0 Å². The van der Waals surface area contributed by atoms with Crippen molar-refractivity contribution in [1.82, 2.24) is 0 Å². The summed E-state index contributed by atoms with van der Waals surface area (Å²) in [5.41, 5.74) is 16.1. The quantitative estimate of drug-likeness (QED) is 0.136. The van der Waals surface area contributed by atoms with Crippen LogP contribution in [-0.4, -0.2) is 0 Å². The Morgan fingerprint density at radius 2 is 0.469 bits per heavy atom. The molecule has 0 unspecified atom stereocenters. The highest BCUT2D eigenvalue weighted by atomic mass is 15.1. The van der Waals surface area contributed by atoms with Crippen LogP contribution >= 0.6 is 0 Å². The molecule has 0 spiro atoms. The first-order chi connectivity index (χ1) is 31.8. The summed E-state index contributed by atoms with van der Waals surface area (Å²) >= 11 is 0. The minimum Gasteiger partial charge on any atom is -0.310 e. The number of para-hydroxylation sites is 4. The van der Waals surface area contributed by atoms with E-state index in [0.717, 1.165) is 56.4 Å². The van der Waals surface area contributed by atoms with Crippen LogP contribution in [0.5, 0.6) is 0 Å². The molecule has 11 rings (SSSR count). The first-order valence-corrected chi connectivity index (χ1v) is 21.9. The lowest BCUT2D eigenvalue weighted by Crippen LogP contribution is -2.11. The summed E-state index contributed by atoms with van der Waals surface area (Å²) in [6.45, 7) is 0. The summed E-state index contributed by atoms with van der Waals surface area (Å²) < 4.78 is 0. The van der Waals surface area contributed by atoms with Crippen molar-refractivity contribution >= 4 is 55.7 Å². The van der Waals surface area contributed by atoms with Gasteiger partial charge in [0, 0.05) is 33.9 Å². The van der Waals surface area contributed by atoms with Gasteiger partial charge in [0.2, 0.25) is 0 Å². The smallest absolute Gasteiger partial charge is 0.0540 e. The van der Waals surface area contributed by atoms with Crippen molar-refractivity contribution in [3.05, 3.63) is 267 Å². The van der Waals surface area contributed by atoms with E-state index in [0.29, 0.717) is 0 Å².